The summed E-state index contributed by atoms with van der Waals surface area (Å²) < 4.78 is 1.61. The maximum absolute atomic E-state index is 11.1. The number of carboxylic acids is 1. The van der Waals surface area contributed by atoms with Crippen LogP contribution >= 0.6 is 11.6 Å². The van der Waals surface area contributed by atoms with Crippen LogP contribution < -0.4 is 0 Å². The average Bonchev–Trinajstić information content (AvgIpc) is 2.44. The molecule has 1 N–H and O–H groups in total. The van der Waals surface area contributed by atoms with Crippen LogP contribution in [0.2, 0.25) is 5.02 Å². The largest absolute Gasteiger partial charge is 0.481 e. The van der Waals surface area contributed by atoms with Crippen molar-refractivity contribution in [3.05, 3.63) is 29.1 Å². The van der Waals surface area contributed by atoms with Gasteiger partial charge in [0.25, 0.3) is 0 Å². The van der Waals surface area contributed by atoms with Crippen LogP contribution in [0.5, 0.6) is 0 Å². The Bertz CT molecular complexity index is 439. The summed E-state index contributed by atoms with van der Waals surface area (Å²) in [6.45, 7) is 6.96. The molecule has 0 saturated heterocycles. The highest BCUT2D eigenvalue weighted by atomic mass is 35.5. The van der Waals surface area contributed by atoms with Crippen LogP contribution in [0.1, 0.15) is 18.3 Å². The second-order valence-electron chi connectivity index (χ2n) is 4.07. The van der Waals surface area contributed by atoms with Crippen molar-refractivity contribution in [3.63, 3.8) is 0 Å². The zero-order valence-corrected chi connectivity index (χ0v) is 10.4. The number of hydrogen-bond acceptors (Lipinski definition) is 2. The third kappa shape index (κ3) is 2.11. The van der Waals surface area contributed by atoms with Gasteiger partial charge in [-0.1, -0.05) is 17.7 Å². The minimum atomic E-state index is -1.02. The molecule has 0 amide bonds. The molecule has 0 aromatic carbocycles. The highest BCUT2D eigenvalue weighted by Gasteiger charge is 2.32. The van der Waals surface area contributed by atoms with E-state index in [0.29, 0.717) is 16.4 Å². The minimum Gasteiger partial charge on any atom is -0.481 e. The molecular formula is C11H15ClN2O2. The standard InChI is InChI=1S/C11H15ClN2O2/c1-5-11(3,10(15)16)6-8-9(12)7(2)13-14(8)4/h5H,1,6H2,2-4H3,(H,15,16). The lowest BCUT2D eigenvalue weighted by Gasteiger charge is -2.20. The summed E-state index contributed by atoms with van der Waals surface area (Å²) in [5, 5.41) is 13.8. The Kier molecular flexibility index (Phi) is 3.43. The smallest absolute Gasteiger partial charge is 0.313 e. The van der Waals surface area contributed by atoms with Crippen LogP contribution in [0.15, 0.2) is 12.7 Å². The fraction of sp³-hybridized carbons (Fsp3) is 0.455. The van der Waals surface area contributed by atoms with Crippen LogP contribution in [0, 0.1) is 12.3 Å². The van der Waals surface area contributed by atoms with Gasteiger partial charge in [-0.05, 0) is 13.8 Å². The molecule has 1 atom stereocenters. The average molecular weight is 243 g/mol. The summed E-state index contributed by atoms with van der Waals surface area (Å²) in [6, 6.07) is 0. The summed E-state index contributed by atoms with van der Waals surface area (Å²) in [7, 11) is 1.75. The molecule has 0 bridgehead atoms. The number of aliphatic carboxylic acids is 1. The minimum absolute atomic E-state index is 0.280. The molecular weight excluding hydrogens is 228 g/mol. The van der Waals surface area contributed by atoms with Crippen LogP contribution in [0.25, 0.3) is 0 Å². The summed E-state index contributed by atoms with van der Waals surface area (Å²) in [5.41, 5.74) is 0.393. The van der Waals surface area contributed by atoms with Gasteiger partial charge in [0, 0.05) is 13.5 Å². The van der Waals surface area contributed by atoms with Crippen molar-refractivity contribution in [2.75, 3.05) is 0 Å². The summed E-state index contributed by atoms with van der Waals surface area (Å²) in [6.07, 6.45) is 1.70. The number of halogens is 1. The maximum atomic E-state index is 11.1. The first-order valence-corrected chi connectivity index (χ1v) is 5.24. The monoisotopic (exact) mass is 242 g/mol. The van der Waals surface area contributed by atoms with Gasteiger partial charge >= 0.3 is 5.97 Å². The van der Waals surface area contributed by atoms with Crippen molar-refractivity contribution in [1.29, 1.82) is 0 Å². The van der Waals surface area contributed by atoms with Gasteiger partial charge in [-0.25, -0.2) is 0 Å². The lowest BCUT2D eigenvalue weighted by molar-refractivity contribution is -0.145. The molecule has 1 rings (SSSR count). The Morgan fingerprint density at radius 2 is 2.31 bits per heavy atom. The molecule has 1 aromatic rings. The number of nitrogens with zero attached hydrogens (tertiary/aromatic N) is 2. The van der Waals surface area contributed by atoms with Crippen molar-refractivity contribution in [2.24, 2.45) is 12.5 Å². The van der Waals surface area contributed by atoms with Crippen LogP contribution in [0.4, 0.5) is 0 Å². The predicted molar refractivity (Wildman–Crippen MR) is 62.6 cm³/mol. The first-order valence-electron chi connectivity index (χ1n) is 4.87. The van der Waals surface area contributed by atoms with Gasteiger partial charge in [0.05, 0.1) is 21.8 Å². The Balaban J connectivity index is 3.13. The molecule has 88 valence electrons. The van der Waals surface area contributed by atoms with Gasteiger partial charge in [-0.2, -0.15) is 5.10 Å². The molecule has 0 aliphatic rings. The number of aromatic nitrogens is 2. The highest BCUT2D eigenvalue weighted by Crippen LogP contribution is 2.29. The van der Waals surface area contributed by atoms with Crippen LogP contribution in [0.3, 0.4) is 0 Å². The van der Waals surface area contributed by atoms with Gasteiger partial charge < -0.3 is 5.11 Å². The first kappa shape index (κ1) is 12.8. The molecule has 1 aromatic heterocycles. The molecule has 16 heavy (non-hydrogen) atoms. The molecule has 1 heterocycles. The van der Waals surface area contributed by atoms with E-state index in [1.165, 1.54) is 6.08 Å². The van der Waals surface area contributed by atoms with Crippen molar-refractivity contribution in [2.45, 2.75) is 20.3 Å². The Morgan fingerprint density at radius 1 is 1.75 bits per heavy atom. The van der Waals surface area contributed by atoms with Gasteiger partial charge in [0.1, 0.15) is 0 Å². The second-order valence-corrected chi connectivity index (χ2v) is 4.45. The zero-order valence-electron chi connectivity index (χ0n) is 9.62. The van der Waals surface area contributed by atoms with E-state index in [1.807, 2.05) is 0 Å². The fourth-order valence-corrected chi connectivity index (χ4v) is 1.68. The van der Waals surface area contributed by atoms with Gasteiger partial charge in [-0.15, -0.1) is 6.58 Å². The normalized spacial score (nSPS) is 14.5. The van der Waals surface area contributed by atoms with Gasteiger partial charge in [-0.3, -0.25) is 9.48 Å². The number of hydrogen-bond donors (Lipinski definition) is 1. The molecule has 0 radical (unpaired) electrons. The van der Waals surface area contributed by atoms with E-state index in [0.717, 1.165) is 0 Å². The molecule has 0 fully saturated rings. The SMILES string of the molecule is C=CC(C)(Cc1c(Cl)c(C)nn1C)C(=O)O. The second kappa shape index (κ2) is 4.29. The fourth-order valence-electron chi connectivity index (χ4n) is 1.46. The molecule has 0 saturated carbocycles. The van der Waals surface area contributed by atoms with E-state index < -0.39 is 11.4 Å². The van der Waals surface area contributed by atoms with Crippen LogP contribution in [-0.4, -0.2) is 20.9 Å². The first-order chi connectivity index (χ1) is 7.31. The summed E-state index contributed by atoms with van der Waals surface area (Å²) in [4.78, 5) is 11.1. The molecule has 5 heteroatoms. The number of rotatable bonds is 4. The van der Waals surface area contributed by atoms with E-state index in [2.05, 4.69) is 11.7 Å². The number of aryl methyl sites for hydroxylation is 2. The lowest BCUT2D eigenvalue weighted by atomic mass is 9.85. The molecule has 0 spiro atoms. The quantitative estimate of drug-likeness (QED) is 0.824. The third-order valence-corrected chi connectivity index (χ3v) is 3.23. The van der Waals surface area contributed by atoms with E-state index in [-0.39, 0.29) is 6.42 Å². The topological polar surface area (TPSA) is 55.1 Å². The number of carbonyl (C=O) groups is 1. The van der Waals surface area contributed by atoms with E-state index in [1.54, 1.807) is 25.6 Å². The van der Waals surface area contributed by atoms with E-state index in [9.17, 15) is 4.79 Å². The zero-order chi connectivity index (χ0) is 12.5. The maximum Gasteiger partial charge on any atom is 0.313 e. The lowest BCUT2D eigenvalue weighted by Crippen LogP contribution is -2.28. The van der Waals surface area contributed by atoms with E-state index in [4.69, 9.17) is 16.7 Å². The molecule has 1 unspecified atom stereocenters. The third-order valence-electron chi connectivity index (χ3n) is 2.74. The van der Waals surface area contributed by atoms with Gasteiger partial charge in [0.2, 0.25) is 0 Å². The molecule has 0 aliphatic carbocycles. The highest BCUT2D eigenvalue weighted by molar-refractivity contribution is 6.31. The van der Waals surface area contributed by atoms with Gasteiger partial charge in [0.15, 0.2) is 0 Å². The molecule has 4 nitrogen and oxygen atoms in total. The van der Waals surface area contributed by atoms with Crippen LogP contribution in [-0.2, 0) is 18.3 Å². The van der Waals surface area contributed by atoms with Crippen molar-refractivity contribution >= 4 is 17.6 Å². The molecule has 0 aliphatic heterocycles. The Labute approximate surface area is 99.5 Å². The van der Waals surface area contributed by atoms with E-state index >= 15 is 0 Å². The Hall–Kier alpha value is -1.29. The van der Waals surface area contributed by atoms with Crippen molar-refractivity contribution < 1.29 is 9.90 Å². The summed E-state index contributed by atoms with van der Waals surface area (Å²) >= 11 is 6.07. The van der Waals surface area contributed by atoms with Crippen molar-refractivity contribution in [1.82, 2.24) is 9.78 Å². The summed E-state index contributed by atoms with van der Waals surface area (Å²) in [5.74, 6) is -0.919. The number of carboxylic acid groups (broad SMARTS) is 1. The predicted octanol–water partition coefficient (Wildman–Crippen LogP) is 2.20. The Morgan fingerprint density at radius 3 is 2.62 bits per heavy atom. The van der Waals surface area contributed by atoms with Crippen molar-refractivity contribution in [3.8, 4) is 0 Å².